The van der Waals surface area contributed by atoms with Crippen molar-refractivity contribution in [1.82, 2.24) is 5.32 Å². The van der Waals surface area contributed by atoms with Gasteiger partial charge in [-0.1, -0.05) is 34.5 Å². The largest absolute Gasteiger partial charge is 0.349 e. The van der Waals surface area contributed by atoms with Crippen LogP contribution in [-0.2, 0) is 4.79 Å². The van der Waals surface area contributed by atoms with E-state index in [0.717, 1.165) is 16.8 Å². The Morgan fingerprint density at radius 3 is 2.58 bits per heavy atom. The first kappa shape index (κ1) is 13.2. The lowest BCUT2D eigenvalue weighted by atomic mass is 9.88. The maximum absolute atomic E-state index is 12.4. The lowest BCUT2D eigenvalue weighted by molar-refractivity contribution is -0.127. The quantitative estimate of drug-likeness (QED) is 0.893. The van der Waals surface area contributed by atoms with Crippen LogP contribution in [0, 0.1) is 17.8 Å². The monoisotopic (exact) mass is 321 g/mol. The van der Waals surface area contributed by atoms with E-state index in [2.05, 4.69) is 40.3 Å². The predicted octanol–water partition coefficient (Wildman–Crippen LogP) is 4.06. The SMILES string of the molecule is CC(NC(=O)C1CC2CCC1C2)c1ccc(Br)cc1. The number of amides is 1. The molecule has 1 aromatic rings. The Kier molecular flexibility index (Phi) is 3.66. The Labute approximate surface area is 123 Å². The van der Waals surface area contributed by atoms with Crippen LogP contribution in [0.3, 0.4) is 0 Å². The van der Waals surface area contributed by atoms with Gasteiger partial charge in [-0.15, -0.1) is 0 Å². The number of fused-ring (bicyclic) bond motifs is 2. The van der Waals surface area contributed by atoms with E-state index in [1.807, 2.05) is 12.1 Å². The van der Waals surface area contributed by atoms with Crippen LogP contribution >= 0.6 is 15.9 Å². The summed E-state index contributed by atoms with van der Waals surface area (Å²) in [6.07, 6.45) is 5.00. The summed E-state index contributed by atoms with van der Waals surface area (Å²) in [6.45, 7) is 2.06. The number of hydrogen-bond acceptors (Lipinski definition) is 1. The van der Waals surface area contributed by atoms with Crippen molar-refractivity contribution < 1.29 is 4.79 Å². The van der Waals surface area contributed by atoms with Gasteiger partial charge < -0.3 is 5.32 Å². The summed E-state index contributed by atoms with van der Waals surface area (Å²) >= 11 is 3.43. The van der Waals surface area contributed by atoms with Crippen LogP contribution in [0.15, 0.2) is 28.7 Å². The number of hydrogen-bond donors (Lipinski definition) is 1. The Morgan fingerprint density at radius 1 is 1.26 bits per heavy atom. The second-order valence-corrected chi connectivity index (χ2v) is 6.98. The van der Waals surface area contributed by atoms with E-state index < -0.39 is 0 Å². The summed E-state index contributed by atoms with van der Waals surface area (Å²) in [7, 11) is 0. The third kappa shape index (κ3) is 2.71. The lowest BCUT2D eigenvalue weighted by Gasteiger charge is -2.23. The molecule has 102 valence electrons. The van der Waals surface area contributed by atoms with Gasteiger partial charge in [0.05, 0.1) is 6.04 Å². The first-order valence-electron chi connectivity index (χ1n) is 7.19. The molecule has 2 aliphatic carbocycles. The minimum Gasteiger partial charge on any atom is -0.349 e. The summed E-state index contributed by atoms with van der Waals surface area (Å²) in [5.74, 6) is 2.02. The van der Waals surface area contributed by atoms with E-state index in [1.54, 1.807) is 0 Å². The summed E-state index contributed by atoms with van der Waals surface area (Å²) in [5.41, 5.74) is 1.17. The molecule has 0 heterocycles. The van der Waals surface area contributed by atoms with Gasteiger partial charge in [0.25, 0.3) is 0 Å². The van der Waals surface area contributed by atoms with E-state index in [0.29, 0.717) is 5.92 Å². The third-order valence-electron chi connectivity index (χ3n) is 4.80. The van der Waals surface area contributed by atoms with Gasteiger partial charge in [-0.05, 0) is 55.7 Å². The second kappa shape index (κ2) is 5.28. The van der Waals surface area contributed by atoms with E-state index in [1.165, 1.54) is 24.8 Å². The minimum absolute atomic E-state index is 0.0970. The van der Waals surface area contributed by atoms with Crippen LogP contribution in [0.25, 0.3) is 0 Å². The third-order valence-corrected chi connectivity index (χ3v) is 5.33. The zero-order chi connectivity index (χ0) is 13.4. The van der Waals surface area contributed by atoms with Crippen LogP contribution in [-0.4, -0.2) is 5.91 Å². The summed E-state index contributed by atoms with van der Waals surface area (Å²) < 4.78 is 1.07. The molecule has 1 amide bonds. The van der Waals surface area contributed by atoms with Gasteiger partial charge >= 0.3 is 0 Å². The Morgan fingerprint density at radius 2 is 2.00 bits per heavy atom. The van der Waals surface area contributed by atoms with Crippen molar-refractivity contribution in [3.63, 3.8) is 0 Å². The number of carbonyl (C=O) groups excluding carboxylic acids is 1. The molecule has 1 aromatic carbocycles. The number of carbonyl (C=O) groups is 1. The van der Waals surface area contributed by atoms with Crippen molar-refractivity contribution in [3.05, 3.63) is 34.3 Å². The molecular formula is C16H20BrNO. The molecule has 0 saturated heterocycles. The molecule has 3 rings (SSSR count). The van der Waals surface area contributed by atoms with Crippen molar-refractivity contribution >= 4 is 21.8 Å². The predicted molar refractivity (Wildman–Crippen MR) is 79.6 cm³/mol. The Hall–Kier alpha value is -0.830. The van der Waals surface area contributed by atoms with E-state index in [-0.39, 0.29) is 17.9 Å². The molecule has 2 saturated carbocycles. The molecule has 3 heteroatoms. The fraction of sp³-hybridized carbons (Fsp3) is 0.562. The summed E-state index contributed by atoms with van der Waals surface area (Å²) in [4.78, 5) is 12.4. The Bertz CT molecular complexity index is 470. The van der Waals surface area contributed by atoms with E-state index in [9.17, 15) is 4.79 Å². The fourth-order valence-corrected chi connectivity index (χ4v) is 3.99. The molecule has 2 aliphatic rings. The molecule has 2 fully saturated rings. The molecule has 0 spiro atoms. The van der Waals surface area contributed by atoms with Crippen LogP contribution < -0.4 is 5.32 Å². The zero-order valence-electron chi connectivity index (χ0n) is 11.2. The maximum atomic E-state index is 12.4. The molecule has 0 radical (unpaired) electrons. The highest BCUT2D eigenvalue weighted by Gasteiger charge is 2.43. The van der Waals surface area contributed by atoms with Gasteiger partial charge in [0.15, 0.2) is 0 Å². The van der Waals surface area contributed by atoms with E-state index in [4.69, 9.17) is 0 Å². The summed E-state index contributed by atoms with van der Waals surface area (Å²) in [6, 6.07) is 8.27. The standard InChI is InChI=1S/C16H20BrNO/c1-10(12-4-6-14(17)7-5-12)18-16(19)15-9-11-2-3-13(15)8-11/h4-7,10-11,13,15H,2-3,8-9H2,1H3,(H,18,19). The second-order valence-electron chi connectivity index (χ2n) is 6.06. The highest BCUT2D eigenvalue weighted by atomic mass is 79.9. The minimum atomic E-state index is 0.0970. The average Bonchev–Trinajstić information content (AvgIpc) is 3.01. The van der Waals surface area contributed by atoms with Crippen LogP contribution in [0.4, 0.5) is 0 Å². The number of halogens is 1. The topological polar surface area (TPSA) is 29.1 Å². The zero-order valence-corrected chi connectivity index (χ0v) is 12.8. The van der Waals surface area contributed by atoms with Crippen LogP contribution in [0.5, 0.6) is 0 Å². The number of benzene rings is 1. The van der Waals surface area contributed by atoms with Crippen molar-refractivity contribution in [2.75, 3.05) is 0 Å². The smallest absolute Gasteiger partial charge is 0.223 e. The van der Waals surface area contributed by atoms with Gasteiger partial charge in [0.1, 0.15) is 0 Å². The van der Waals surface area contributed by atoms with Gasteiger partial charge in [0.2, 0.25) is 5.91 Å². The Balaban J connectivity index is 1.61. The van der Waals surface area contributed by atoms with E-state index >= 15 is 0 Å². The van der Waals surface area contributed by atoms with Gasteiger partial charge in [-0.2, -0.15) is 0 Å². The maximum Gasteiger partial charge on any atom is 0.223 e. The summed E-state index contributed by atoms with van der Waals surface area (Å²) in [5, 5.41) is 3.19. The van der Waals surface area contributed by atoms with Crippen LogP contribution in [0.2, 0.25) is 0 Å². The highest BCUT2D eigenvalue weighted by molar-refractivity contribution is 9.10. The van der Waals surface area contributed by atoms with Crippen molar-refractivity contribution in [3.8, 4) is 0 Å². The molecule has 0 aromatic heterocycles. The fourth-order valence-electron chi connectivity index (χ4n) is 3.72. The van der Waals surface area contributed by atoms with Gasteiger partial charge in [-0.3, -0.25) is 4.79 Å². The van der Waals surface area contributed by atoms with Crippen molar-refractivity contribution in [2.24, 2.45) is 17.8 Å². The number of rotatable bonds is 3. The normalized spacial score (nSPS) is 30.3. The van der Waals surface area contributed by atoms with Crippen LogP contribution in [0.1, 0.15) is 44.2 Å². The number of nitrogens with one attached hydrogen (secondary N) is 1. The molecule has 2 nitrogen and oxygen atoms in total. The molecule has 4 atom stereocenters. The first-order valence-corrected chi connectivity index (χ1v) is 7.98. The molecule has 2 bridgehead atoms. The molecule has 1 N–H and O–H groups in total. The molecular weight excluding hydrogens is 302 g/mol. The van der Waals surface area contributed by atoms with Crippen molar-refractivity contribution in [2.45, 2.75) is 38.6 Å². The molecule has 0 aliphatic heterocycles. The molecule has 4 unspecified atom stereocenters. The highest BCUT2D eigenvalue weighted by Crippen LogP contribution is 2.48. The molecule has 19 heavy (non-hydrogen) atoms. The lowest BCUT2D eigenvalue weighted by Crippen LogP contribution is -2.35. The van der Waals surface area contributed by atoms with Crippen molar-refractivity contribution in [1.29, 1.82) is 0 Å². The van der Waals surface area contributed by atoms with Gasteiger partial charge in [0, 0.05) is 10.4 Å². The van der Waals surface area contributed by atoms with Gasteiger partial charge in [-0.25, -0.2) is 0 Å². The first-order chi connectivity index (χ1) is 9.13. The average molecular weight is 322 g/mol.